The molecule has 3 heteroatoms. The van der Waals surface area contributed by atoms with Gasteiger partial charge in [0.25, 0.3) is 0 Å². The Bertz CT molecular complexity index is 223. The largest absolute Gasteiger partial charge is 0.317 e. The van der Waals surface area contributed by atoms with Crippen molar-refractivity contribution in [1.82, 2.24) is 15.5 Å². The van der Waals surface area contributed by atoms with Crippen molar-refractivity contribution in [2.24, 2.45) is 11.3 Å². The molecule has 0 radical (unpaired) electrons. The van der Waals surface area contributed by atoms with E-state index >= 15 is 0 Å². The third-order valence-electron chi connectivity index (χ3n) is 4.12. The monoisotopic (exact) mass is 299 g/mol. The smallest absolute Gasteiger partial charge is 0.0345 e. The quantitative estimate of drug-likeness (QED) is 0.837. The van der Waals surface area contributed by atoms with Gasteiger partial charge in [-0.25, -0.2) is 0 Å². The van der Waals surface area contributed by atoms with Crippen LogP contribution in [0.5, 0.6) is 0 Å². The Kier molecular flexibility index (Phi) is 11.4. The van der Waals surface area contributed by atoms with Gasteiger partial charge in [0.1, 0.15) is 0 Å². The molecule has 3 nitrogen and oxygen atoms in total. The molecule has 1 aliphatic carbocycles. The Morgan fingerprint density at radius 2 is 1.48 bits per heavy atom. The lowest BCUT2D eigenvalue weighted by Crippen LogP contribution is -2.63. The number of rotatable bonds is 3. The minimum absolute atomic E-state index is 0.750. The van der Waals surface area contributed by atoms with E-state index in [4.69, 9.17) is 0 Å². The van der Waals surface area contributed by atoms with Crippen molar-refractivity contribution >= 4 is 0 Å². The zero-order valence-electron chi connectivity index (χ0n) is 15.8. The van der Waals surface area contributed by atoms with Gasteiger partial charge in [0.2, 0.25) is 0 Å². The van der Waals surface area contributed by atoms with E-state index in [2.05, 4.69) is 50.2 Å². The topological polar surface area (TPSA) is 27.3 Å². The van der Waals surface area contributed by atoms with Gasteiger partial charge in [0, 0.05) is 32.2 Å². The molecule has 2 N–H and O–H groups in total. The zero-order valence-corrected chi connectivity index (χ0v) is 15.8. The van der Waals surface area contributed by atoms with Crippen LogP contribution < -0.4 is 10.6 Å². The molecule has 0 bridgehead atoms. The normalized spacial score (nSPS) is 23.0. The van der Waals surface area contributed by atoms with Gasteiger partial charge in [-0.2, -0.15) is 0 Å². The molecule has 3 rings (SSSR count). The highest BCUT2D eigenvalue weighted by Gasteiger charge is 2.32. The van der Waals surface area contributed by atoms with Gasteiger partial charge in [-0.15, -0.1) is 0 Å². The number of hydrogen-bond donors (Lipinski definition) is 2. The van der Waals surface area contributed by atoms with Crippen molar-refractivity contribution in [3.8, 4) is 0 Å². The average Bonchev–Trinajstić information content (AvgIpc) is 3.06. The summed E-state index contributed by atoms with van der Waals surface area (Å²) in [5, 5.41) is 6.39. The van der Waals surface area contributed by atoms with E-state index in [1.54, 1.807) is 0 Å². The molecular weight excluding hydrogens is 258 g/mol. The molecule has 0 unspecified atom stereocenters. The first-order valence-corrected chi connectivity index (χ1v) is 9.14. The molecule has 2 heterocycles. The van der Waals surface area contributed by atoms with Crippen molar-refractivity contribution in [3.05, 3.63) is 0 Å². The summed E-state index contributed by atoms with van der Waals surface area (Å²) in [6.07, 6.45) is 2.90. The fraction of sp³-hybridized carbons (Fsp3) is 1.00. The van der Waals surface area contributed by atoms with E-state index in [1.807, 2.05) is 13.8 Å². The highest BCUT2D eigenvalue weighted by Crippen LogP contribution is 2.43. The fourth-order valence-corrected chi connectivity index (χ4v) is 2.08. The van der Waals surface area contributed by atoms with Crippen molar-refractivity contribution in [1.29, 1.82) is 0 Å². The molecule has 128 valence electrons. The minimum atomic E-state index is 0.750. The highest BCUT2D eigenvalue weighted by atomic mass is 15.3. The van der Waals surface area contributed by atoms with Crippen LogP contribution >= 0.6 is 0 Å². The molecule has 2 saturated heterocycles. The maximum Gasteiger partial charge on any atom is 0.0345 e. The van der Waals surface area contributed by atoms with Crippen molar-refractivity contribution in [2.75, 3.05) is 39.3 Å². The molecule has 3 aliphatic rings. The Balaban J connectivity index is 0.000000290. The van der Waals surface area contributed by atoms with Gasteiger partial charge in [0.15, 0.2) is 0 Å². The second-order valence-corrected chi connectivity index (χ2v) is 6.99. The molecule has 0 aromatic rings. The molecule has 1 saturated carbocycles. The molecule has 0 atom stereocenters. The van der Waals surface area contributed by atoms with Gasteiger partial charge in [-0.1, -0.05) is 48.5 Å². The first-order valence-electron chi connectivity index (χ1n) is 9.14. The minimum Gasteiger partial charge on any atom is -0.317 e. The van der Waals surface area contributed by atoms with Crippen molar-refractivity contribution < 1.29 is 0 Å². The summed E-state index contributed by atoms with van der Waals surface area (Å²) in [7, 11) is 0. The van der Waals surface area contributed by atoms with Crippen molar-refractivity contribution in [3.63, 3.8) is 0 Å². The summed E-state index contributed by atoms with van der Waals surface area (Å²) >= 11 is 0. The summed E-state index contributed by atoms with van der Waals surface area (Å²) in [6.45, 7) is 22.4. The zero-order chi connectivity index (χ0) is 16.3. The molecule has 0 aromatic carbocycles. The van der Waals surface area contributed by atoms with Crippen LogP contribution in [0.4, 0.5) is 0 Å². The van der Waals surface area contributed by atoms with Crippen molar-refractivity contribution in [2.45, 2.75) is 67.3 Å². The molecule has 0 aromatic heterocycles. The SMILES string of the molecule is CC.CC1(C)CC1.CC1CN(C2CNC2)C1.CCNCC. The summed E-state index contributed by atoms with van der Waals surface area (Å²) in [5.74, 6) is 0.964. The van der Waals surface area contributed by atoms with E-state index in [0.29, 0.717) is 0 Å². The number of likely N-dealkylation sites (tertiary alicyclic amines) is 1. The standard InChI is InChI=1S/C7H14N2.C5H10.C4H11N.C2H6/c1-6-4-9(5-6)7-2-8-3-7;1-5(2)3-4-5;1-3-5-4-2;1-2/h6-8H,2-5H2,1H3;3-4H2,1-2H3;5H,3-4H2,1-2H3;1-2H3. The van der Waals surface area contributed by atoms with E-state index in [9.17, 15) is 0 Å². The summed E-state index contributed by atoms with van der Waals surface area (Å²) in [4.78, 5) is 2.57. The van der Waals surface area contributed by atoms with E-state index in [0.717, 1.165) is 30.5 Å². The third-order valence-corrected chi connectivity index (χ3v) is 4.12. The highest BCUT2D eigenvalue weighted by molar-refractivity contribution is 4.90. The van der Waals surface area contributed by atoms with E-state index in [1.165, 1.54) is 39.0 Å². The molecule has 0 spiro atoms. The predicted molar refractivity (Wildman–Crippen MR) is 96.0 cm³/mol. The van der Waals surface area contributed by atoms with Gasteiger partial charge in [-0.05, 0) is 37.3 Å². The maximum atomic E-state index is 3.28. The van der Waals surface area contributed by atoms with E-state index < -0.39 is 0 Å². The van der Waals surface area contributed by atoms with Gasteiger partial charge in [-0.3, -0.25) is 4.90 Å². The van der Waals surface area contributed by atoms with Crippen LogP contribution in [0.15, 0.2) is 0 Å². The maximum absolute atomic E-state index is 3.28. The fourth-order valence-electron chi connectivity index (χ4n) is 2.08. The van der Waals surface area contributed by atoms with Crippen LogP contribution in [-0.4, -0.2) is 50.2 Å². The van der Waals surface area contributed by atoms with Crippen LogP contribution in [0.3, 0.4) is 0 Å². The molecule has 2 aliphatic heterocycles. The Morgan fingerprint density at radius 3 is 1.62 bits per heavy atom. The Labute approximate surface area is 134 Å². The second kappa shape index (κ2) is 11.4. The molecule has 3 fully saturated rings. The van der Waals surface area contributed by atoms with Crippen LogP contribution in [0.2, 0.25) is 0 Å². The number of hydrogen-bond acceptors (Lipinski definition) is 3. The lowest BCUT2D eigenvalue weighted by atomic mass is 9.97. The molecule has 0 amide bonds. The van der Waals surface area contributed by atoms with Crippen LogP contribution in [-0.2, 0) is 0 Å². The van der Waals surface area contributed by atoms with Gasteiger partial charge in [0.05, 0.1) is 0 Å². The Morgan fingerprint density at radius 1 is 1.05 bits per heavy atom. The second-order valence-electron chi connectivity index (χ2n) is 6.99. The third kappa shape index (κ3) is 10.3. The lowest BCUT2D eigenvalue weighted by Gasteiger charge is -2.47. The first kappa shape index (κ1) is 20.9. The van der Waals surface area contributed by atoms with Crippen LogP contribution in [0.1, 0.15) is 61.3 Å². The van der Waals surface area contributed by atoms with Gasteiger partial charge >= 0.3 is 0 Å². The van der Waals surface area contributed by atoms with Crippen LogP contribution in [0.25, 0.3) is 0 Å². The molecular formula is C18H41N3. The summed E-state index contributed by atoms with van der Waals surface area (Å²) in [5.41, 5.74) is 0.750. The lowest BCUT2D eigenvalue weighted by molar-refractivity contribution is 0.0371. The summed E-state index contributed by atoms with van der Waals surface area (Å²) < 4.78 is 0. The van der Waals surface area contributed by atoms with Crippen LogP contribution in [0, 0.1) is 11.3 Å². The average molecular weight is 300 g/mol. The number of nitrogens with one attached hydrogen (secondary N) is 2. The molecule has 21 heavy (non-hydrogen) atoms. The van der Waals surface area contributed by atoms with E-state index in [-0.39, 0.29) is 0 Å². The Hall–Kier alpha value is -0.120. The predicted octanol–water partition coefficient (Wildman–Crippen LogP) is 3.36. The number of nitrogens with zero attached hydrogens (tertiary/aromatic N) is 1. The van der Waals surface area contributed by atoms with Gasteiger partial charge < -0.3 is 10.6 Å². The first-order chi connectivity index (χ1) is 9.98. The summed E-state index contributed by atoms with van der Waals surface area (Å²) in [6, 6.07) is 0.890.